The maximum absolute atomic E-state index is 8.81. The first-order valence-corrected chi connectivity index (χ1v) is 10.9. The number of nitrogens with zero attached hydrogens (tertiary/aromatic N) is 3. The minimum Gasteiger partial charge on any atom is -0.546 e. The Balaban J connectivity index is 3.10. The minimum absolute atomic E-state index is 0.0445. The van der Waals surface area contributed by atoms with Gasteiger partial charge in [-0.2, -0.15) is 0 Å². The Bertz CT molecular complexity index is 417. The Morgan fingerprint density at radius 3 is 2.18 bits per heavy atom. The molecule has 0 aromatic rings. The fraction of sp³-hybridized carbons (Fsp3) is 0.882. The summed E-state index contributed by atoms with van der Waals surface area (Å²) >= 11 is 0. The molecule has 0 aromatic carbocycles. The van der Waals surface area contributed by atoms with E-state index in [9.17, 15) is 0 Å². The Morgan fingerprint density at radius 1 is 1.23 bits per heavy atom. The third-order valence-corrected chi connectivity index (χ3v) is 11.4. The van der Waals surface area contributed by atoms with Gasteiger partial charge in [-0.3, -0.25) is 0 Å². The van der Waals surface area contributed by atoms with Crippen molar-refractivity contribution in [2.75, 3.05) is 0 Å². The number of rotatable bonds is 7. The molecule has 22 heavy (non-hydrogen) atoms. The lowest BCUT2D eigenvalue weighted by atomic mass is 9.87. The van der Waals surface area contributed by atoms with E-state index in [-0.39, 0.29) is 6.04 Å². The number of hydrogen-bond donors (Lipinski definition) is 0. The van der Waals surface area contributed by atoms with E-state index in [0.29, 0.717) is 22.5 Å². The highest BCUT2D eigenvalue weighted by Crippen LogP contribution is 2.45. The summed E-state index contributed by atoms with van der Waals surface area (Å²) in [5.41, 5.74) is 10.5. The second-order valence-corrected chi connectivity index (χ2v) is 12.8. The first-order chi connectivity index (χ1) is 10.3. The van der Waals surface area contributed by atoms with Gasteiger partial charge in [-0.1, -0.05) is 60.0 Å². The molecule has 126 valence electrons. The molecular formula is C17H33N3OSi. The first-order valence-electron chi connectivity index (χ1n) is 8.73. The van der Waals surface area contributed by atoms with Crippen LogP contribution in [-0.2, 0) is 4.43 Å². The standard InChI is InChI=1S/C17H33N3OSi/c1-8-15-9-10-16(11-17(15)19-20-18)21-22(12(2)3,13(4)5)14(6)7/h11-15,17H,8-10H2,1-7H3/t15-,17-/m0/s1. The topological polar surface area (TPSA) is 58.0 Å². The zero-order valence-corrected chi connectivity index (χ0v) is 16.3. The van der Waals surface area contributed by atoms with Crippen LogP contribution in [0.25, 0.3) is 10.4 Å². The third-order valence-electron chi connectivity index (χ3n) is 5.33. The maximum Gasteiger partial charge on any atom is 0.258 e. The van der Waals surface area contributed by atoms with Gasteiger partial charge in [0.1, 0.15) is 0 Å². The van der Waals surface area contributed by atoms with Crippen LogP contribution < -0.4 is 0 Å². The van der Waals surface area contributed by atoms with E-state index in [4.69, 9.17) is 9.96 Å². The summed E-state index contributed by atoms with van der Waals surface area (Å²) in [6.07, 6.45) is 5.20. The van der Waals surface area contributed by atoms with Crippen molar-refractivity contribution < 1.29 is 4.43 Å². The van der Waals surface area contributed by atoms with Crippen LogP contribution in [0.1, 0.15) is 67.7 Å². The van der Waals surface area contributed by atoms with Gasteiger partial charge in [0.05, 0.1) is 11.8 Å². The molecule has 0 unspecified atom stereocenters. The number of hydrogen-bond acceptors (Lipinski definition) is 2. The Labute approximate surface area is 137 Å². The molecule has 0 saturated heterocycles. The lowest BCUT2D eigenvalue weighted by molar-refractivity contribution is 0.301. The molecule has 1 rings (SSSR count). The van der Waals surface area contributed by atoms with Crippen LogP contribution in [0.2, 0.25) is 16.6 Å². The Morgan fingerprint density at radius 2 is 1.77 bits per heavy atom. The highest BCUT2D eigenvalue weighted by molar-refractivity contribution is 6.77. The van der Waals surface area contributed by atoms with Gasteiger partial charge in [-0.15, -0.1) is 0 Å². The third kappa shape index (κ3) is 3.88. The largest absolute Gasteiger partial charge is 0.546 e. The predicted molar refractivity (Wildman–Crippen MR) is 96.2 cm³/mol. The highest BCUT2D eigenvalue weighted by atomic mass is 28.4. The molecule has 0 aliphatic heterocycles. The highest BCUT2D eigenvalue weighted by Gasteiger charge is 2.47. The van der Waals surface area contributed by atoms with Crippen LogP contribution in [0, 0.1) is 5.92 Å². The van der Waals surface area contributed by atoms with Crippen LogP contribution in [0.15, 0.2) is 16.9 Å². The van der Waals surface area contributed by atoms with E-state index in [2.05, 4.69) is 64.6 Å². The average Bonchev–Trinajstić information content (AvgIpc) is 2.44. The van der Waals surface area contributed by atoms with Crippen LogP contribution in [-0.4, -0.2) is 14.4 Å². The van der Waals surface area contributed by atoms with Gasteiger partial charge in [0, 0.05) is 11.3 Å². The first kappa shape index (κ1) is 19.1. The zero-order chi connectivity index (χ0) is 16.9. The summed E-state index contributed by atoms with van der Waals surface area (Å²) in [5, 5.41) is 3.99. The van der Waals surface area contributed by atoms with Gasteiger partial charge < -0.3 is 4.43 Å². The lowest BCUT2D eigenvalue weighted by Gasteiger charge is -2.44. The van der Waals surface area contributed by atoms with Gasteiger partial charge >= 0.3 is 0 Å². The molecule has 0 aromatic heterocycles. The van der Waals surface area contributed by atoms with Crippen molar-refractivity contribution in [3.63, 3.8) is 0 Å². The molecule has 0 bridgehead atoms. The molecule has 2 atom stereocenters. The Hall–Kier alpha value is -0.933. The van der Waals surface area contributed by atoms with Crippen LogP contribution in [0.4, 0.5) is 0 Å². The fourth-order valence-electron chi connectivity index (χ4n) is 4.21. The minimum atomic E-state index is -1.90. The summed E-state index contributed by atoms with van der Waals surface area (Å²) in [6, 6.07) is -0.0445. The monoisotopic (exact) mass is 323 g/mol. The molecule has 1 aliphatic carbocycles. The number of allylic oxidation sites excluding steroid dienone is 1. The van der Waals surface area contributed by atoms with Gasteiger partial charge in [0.15, 0.2) is 0 Å². The van der Waals surface area contributed by atoms with Gasteiger partial charge in [0.25, 0.3) is 8.32 Å². The van der Waals surface area contributed by atoms with Crippen molar-refractivity contribution in [3.05, 3.63) is 22.3 Å². The second kappa shape index (κ2) is 8.07. The second-order valence-electron chi connectivity index (χ2n) is 7.46. The summed E-state index contributed by atoms with van der Waals surface area (Å²) in [7, 11) is -1.90. The van der Waals surface area contributed by atoms with Crippen molar-refractivity contribution in [1.29, 1.82) is 0 Å². The molecular weight excluding hydrogens is 290 g/mol. The van der Waals surface area contributed by atoms with Crippen LogP contribution in [0.5, 0.6) is 0 Å². The molecule has 0 amide bonds. The number of azide groups is 1. The lowest BCUT2D eigenvalue weighted by Crippen LogP contribution is -2.47. The van der Waals surface area contributed by atoms with Crippen molar-refractivity contribution in [2.45, 2.75) is 90.4 Å². The summed E-state index contributed by atoms with van der Waals surface area (Å²) in [5.74, 6) is 1.53. The van der Waals surface area contributed by atoms with Gasteiger partial charge in [-0.25, -0.2) is 0 Å². The van der Waals surface area contributed by atoms with Crippen molar-refractivity contribution >= 4 is 8.32 Å². The molecule has 5 heteroatoms. The maximum atomic E-state index is 8.81. The normalized spacial score (nSPS) is 22.7. The van der Waals surface area contributed by atoms with Crippen molar-refractivity contribution in [3.8, 4) is 0 Å². The van der Waals surface area contributed by atoms with E-state index in [1.165, 1.54) is 0 Å². The van der Waals surface area contributed by atoms with E-state index < -0.39 is 8.32 Å². The SMILES string of the molecule is CC[C@H]1CCC(O[Si](C(C)C)(C(C)C)C(C)C)=C[C@@H]1N=[N+]=[N-]. The zero-order valence-electron chi connectivity index (χ0n) is 15.3. The summed E-state index contributed by atoms with van der Waals surface area (Å²) in [4.78, 5) is 3.03. The van der Waals surface area contributed by atoms with Crippen LogP contribution >= 0.6 is 0 Å². The average molecular weight is 324 g/mol. The summed E-state index contributed by atoms with van der Waals surface area (Å²) in [6.45, 7) is 16.0. The molecule has 0 spiro atoms. The molecule has 0 fully saturated rings. The predicted octanol–water partition coefficient (Wildman–Crippen LogP) is 6.56. The Kier molecular flexibility index (Phi) is 7.01. The van der Waals surface area contributed by atoms with E-state index in [0.717, 1.165) is 25.0 Å². The molecule has 1 aliphatic rings. The molecule has 0 heterocycles. The van der Waals surface area contributed by atoms with Crippen molar-refractivity contribution in [1.82, 2.24) is 0 Å². The molecule has 4 nitrogen and oxygen atoms in total. The van der Waals surface area contributed by atoms with E-state index in [1.807, 2.05) is 0 Å². The van der Waals surface area contributed by atoms with Crippen molar-refractivity contribution in [2.24, 2.45) is 11.0 Å². The molecule has 0 saturated carbocycles. The smallest absolute Gasteiger partial charge is 0.258 e. The van der Waals surface area contributed by atoms with Crippen LogP contribution in [0.3, 0.4) is 0 Å². The van der Waals surface area contributed by atoms with E-state index >= 15 is 0 Å². The summed E-state index contributed by atoms with van der Waals surface area (Å²) < 4.78 is 6.75. The van der Waals surface area contributed by atoms with E-state index in [1.54, 1.807) is 0 Å². The molecule has 0 radical (unpaired) electrons. The fourth-order valence-corrected chi connectivity index (χ4v) is 9.54. The van der Waals surface area contributed by atoms with Gasteiger partial charge in [0.2, 0.25) is 0 Å². The quantitative estimate of drug-likeness (QED) is 0.226. The molecule has 0 N–H and O–H groups in total. The van der Waals surface area contributed by atoms with Gasteiger partial charge in [-0.05, 0) is 40.6 Å².